The largest absolute Gasteiger partial charge is 0.504 e. The highest BCUT2D eigenvalue weighted by Crippen LogP contribution is 2.26. The SMILES string of the molecule is CN(N=Cc1cccc(O)c1O)c1ccccc1. The fraction of sp³-hybridized carbons (Fsp3) is 0.0714. The number of rotatable bonds is 3. The highest BCUT2D eigenvalue weighted by molar-refractivity contribution is 5.85. The summed E-state index contributed by atoms with van der Waals surface area (Å²) in [7, 11) is 1.81. The molecule has 0 saturated heterocycles. The third-order valence-corrected chi connectivity index (χ3v) is 2.55. The van der Waals surface area contributed by atoms with Gasteiger partial charge >= 0.3 is 0 Å². The molecule has 2 aromatic rings. The van der Waals surface area contributed by atoms with Gasteiger partial charge in [0.15, 0.2) is 11.5 Å². The molecule has 0 fully saturated rings. The van der Waals surface area contributed by atoms with Crippen LogP contribution in [0.5, 0.6) is 11.5 Å². The van der Waals surface area contributed by atoms with Crippen molar-refractivity contribution in [3.8, 4) is 11.5 Å². The maximum atomic E-state index is 9.62. The summed E-state index contributed by atoms with van der Waals surface area (Å²) in [6, 6.07) is 14.4. The molecular formula is C14H14N2O2. The number of hydrogen-bond donors (Lipinski definition) is 2. The topological polar surface area (TPSA) is 56.1 Å². The van der Waals surface area contributed by atoms with Gasteiger partial charge in [0.25, 0.3) is 0 Å². The summed E-state index contributed by atoms with van der Waals surface area (Å²) in [6.07, 6.45) is 1.50. The van der Waals surface area contributed by atoms with E-state index in [1.165, 1.54) is 12.3 Å². The maximum absolute atomic E-state index is 9.62. The van der Waals surface area contributed by atoms with Crippen LogP contribution in [0.25, 0.3) is 0 Å². The molecule has 0 radical (unpaired) electrons. The van der Waals surface area contributed by atoms with Gasteiger partial charge in [0.2, 0.25) is 0 Å². The van der Waals surface area contributed by atoms with Crippen LogP contribution in [-0.4, -0.2) is 23.5 Å². The molecule has 2 aromatic carbocycles. The molecule has 0 bridgehead atoms. The van der Waals surface area contributed by atoms with Crippen molar-refractivity contribution in [1.29, 1.82) is 0 Å². The molecule has 18 heavy (non-hydrogen) atoms. The van der Waals surface area contributed by atoms with Crippen LogP contribution in [0, 0.1) is 0 Å². The zero-order chi connectivity index (χ0) is 13.0. The molecule has 0 saturated carbocycles. The highest BCUT2D eigenvalue weighted by atomic mass is 16.3. The second-order valence-electron chi connectivity index (χ2n) is 3.82. The first-order valence-corrected chi connectivity index (χ1v) is 5.52. The zero-order valence-electron chi connectivity index (χ0n) is 9.99. The molecule has 0 heterocycles. The molecule has 92 valence electrons. The van der Waals surface area contributed by atoms with Crippen molar-refractivity contribution < 1.29 is 10.2 Å². The Hall–Kier alpha value is -2.49. The highest BCUT2D eigenvalue weighted by Gasteiger charge is 2.03. The quantitative estimate of drug-likeness (QED) is 0.494. The molecule has 2 rings (SSSR count). The molecule has 0 aliphatic carbocycles. The van der Waals surface area contributed by atoms with Crippen molar-refractivity contribution in [3.05, 3.63) is 54.1 Å². The second kappa shape index (κ2) is 5.23. The monoisotopic (exact) mass is 242 g/mol. The lowest BCUT2D eigenvalue weighted by Gasteiger charge is -2.12. The Balaban J connectivity index is 2.19. The summed E-state index contributed by atoms with van der Waals surface area (Å²) < 4.78 is 0. The number of phenols is 2. The summed E-state index contributed by atoms with van der Waals surface area (Å²) >= 11 is 0. The number of hydrazone groups is 1. The van der Waals surface area contributed by atoms with Crippen LogP contribution in [0.2, 0.25) is 0 Å². The number of para-hydroxylation sites is 2. The summed E-state index contributed by atoms with van der Waals surface area (Å²) in [4.78, 5) is 0. The lowest BCUT2D eigenvalue weighted by molar-refractivity contribution is 0.403. The molecule has 0 aromatic heterocycles. The normalized spacial score (nSPS) is 10.7. The van der Waals surface area contributed by atoms with Crippen LogP contribution < -0.4 is 5.01 Å². The fourth-order valence-electron chi connectivity index (χ4n) is 1.51. The van der Waals surface area contributed by atoms with Gasteiger partial charge in [-0.2, -0.15) is 5.10 Å². The van der Waals surface area contributed by atoms with Gasteiger partial charge in [-0.15, -0.1) is 0 Å². The average Bonchev–Trinajstić information content (AvgIpc) is 2.41. The van der Waals surface area contributed by atoms with E-state index in [0.717, 1.165) is 5.69 Å². The number of anilines is 1. The van der Waals surface area contributed by atoms with Crippen LogP contribution in [0.1, 0.15) is 5.56 Å². The van der Waals surface area contributed by atoms with Crippen molar-refractivity contribution >= 4 is 11.9 Å². The van der Waals surface area contributed by atoms with Crippen molar-refractivity contribution in [1.82, 2.24) is 0 Å². The van der Waals surface area contributed by atoms with Gasteiger partial charge in [0, 0.05) is 12.6 Å². The molecule has 0 aliphatic rings. The number of benzene rings is 2. The van der Waals surface area contributed by atoms with E-state index in [1.807, 2.05) is 37.4 Å². The Kier molecular flexibility index (Phi) is 3.48. The standard InChI is InChI=1S/C14H14N2O2/c1-16(12-7-3-2-4-8-12)15-10-11-6-5-9-13(17)14(11)18/h2-10,17-18H,1H3. The summed E-state index contributed by atoms with van der Waals surface area (Å²) in [5.41, 5.74) is 1.41. The van der Waals surface area contributed by atoms with Crippen molar-refractivity contribution in [2.24, 2.45) is 5.10 Å². The first kappa shape index (κ1) is 12.0. The minimum atomic E-state index is -0.164. The van der Waals surface area contributed by atoms with Crippen LogP contribution in [0.15, 0.2) is 53.6 Å². The molecule has 0 amide bonds. The Bertz CT molecular complexity index is 553. The van der Waals surface area contributed by atoms with Gasteiger partial charge in [-0.25, -0.2) is 0 Å². The minimum Gasteiger partial charge on any atom is -0.504 e. The predicted octanol–water partition coefficient (Wildman–Crippen LogP) is 2.57. The number of hydrogen-bond acceptors (Lipinski definition) is 4. The second-order valence-corrected chi connectivity index (χ2v) is 3.82. The van der Waals surface area contributed by atoms with Crippen molar-refractivity contribution in [2.45, 2.75) is 0 Å². The summed E-state index contributed by atoms with van der Waals surface area (Å²) in [6.45, 7) is 0. The first-order valence-electron chi connectivity index (χ1n) is 5.52. The lowest BCUT2D eigenvalue weighted by Crippen LogP contribution is -2.08. The van der Waals surface area contributed by atoms with Gasteiger partial charge in [0.1, 0.15) is 0 Å². The Morgan fingerprint density at radius 1 is 1.00 bits per heavy atom. The molecule has 4 heteroatoms. The van der Waals surface area contributed by atoms with Gasteiger partial charge in [0.05, 0.1) is 11.9 Å². The molecule has 2 N–H and O–H groups in total. The van der Waals surface area contributed by atoms with E-state index in [4.69, 9.17) is 0 Å². The van der Waals surface area contributed by atoms with Crippen LogP contribution in [0.3, 0.4) is 0 Å². The zero-order valence-corrected chi connectivity index (χ0v) is 9.99. The Labute approximate surface area is 105 Å². The molecule has 0 atom stereocenters. The molecular weight excluding hydrogens is 228 g/mol. The number of nitrogens with zero attached hydrogens (tertiary/aromatic N) is 2. The lowest BCUT2D eigenvalue weighted by atomic mass is 10.2. The van der Waals surface area contributed by atoms with Gasteiger partial charge in [-0.3, -0.25) is 5.01 Å². The molecule has 0 unspecified atom stereocenters. The van der Waals surface area contributed by atoms with E-state index in [2.05, 4.69) is 5.10 Å². The average molecular weight is 242 g/mol. The number of phenolic OH excluding ortho intramolecular Hbond substituents is 2. The third kappa shape index (κ3) is 2.60. The van der Waals surface area contributed by atoms with E-state index in [1.54, 1.807) is 17.1 Å². The maximum Gasteiger partial charge on any atom is 0.166 e. The third-order valence-electron chi connectivity index (χ3n) is 2.55. The molecule has 0 spiro atoms. The van der Waals surface area contributed by atoms with Gasteiger partial charge in [-0.05, 0) is 24.3 Å². The van der Waals surface area contributed by atoms with E-state index in [-0.39, 0.29) is 11.5 Å². The van der Waals surface area contributed by atoms with Crippen LogP contribution >= 0.6 is 0 Å². The van der Waals surface area contributed by atoms with E-state index < -0.39 is 0 Å². The predicted molar refractivity (Wildman–Crippen MR) is 72.2 cm³/mol. The molecule has 0 aliphatic heterocycles. The van der Waals surface area contributed by atoms with E-state index in [0.29, 0.717) is 5.56 Å². The smallest absolute Gasteiger partial charge is 0.166 e. The van der Waals surface area contributed by atoms with Crippen molar-refractivity contribution in [2.75, 3.05) is 12.1 Å². The Morgan fingerprint density at radius 2 is 1.72 bits per heavy atom. The van der Waals surface area contributed by atoms with E-state index >= 15 is 0 Å². The summed E-state index contributed by atoms with van der Waals surface area (Å²) in [5, 5.41) is 24.9. The van der Waals surface area contributed by atoms with Crippen molar-refractivity contribution in [3.63, 3.8) is 0 Å². The minimum absolute atomic E-state index is 0.152. The van der Waals surface area contributed by atoms with Gasteiger partial charge < -0.3 is 10.2 Å². The van der Waals surface area contributed by atoms with Gasteiger partial charge in [-0.1, -0.05) is 24.3 Å². The van der Waals surface area contributed by atoms with Crippen LogP contribution in [0.4, 0.5) is 5.69 Å². The number of aromatic hydroxyl groups is 2. The summed E-state index contributed by atoms with van der Waals surface area (Å²) in [5.74, 6) is -0.316. The van der Waals surface area contributed by atoms with Crippen LogP contribution in [-0.2, 0) is 0 Å². The Morgan fingerprint density at radius 3 is 2.44 bits per heavy atom. The first-order chi connectivity index (χ1) is 8.68. The molecule has 4 nitrogen and oxygen atoms in total. The fourth-order valence-corrected chi connectivity index (χ4v) is 1.51. The van der Waals surface area contributed by atoms with E-state index in [9.17, 15) is 10.2 Å².